The largest absolute Gasteiger partial charge is 0.492 e. The zero-order valence-electron chi connectivity index (χ0n) is 21.0. The predicted octanol–water partition coefficient (Wildman–Crippen LogP) is 6.63. The van der Waals surface area contributed by atoms with Crippen LogP contribution in [0.3, 0.4) is 0 Å². The second kappa shape index (κ2) is 9.51. The van der Waals surface area contributed by atoms with E-state index in [4.69, 9.17) is 0 Å². The Hall–Kier alpha value is -3.58. The molecule has 13 heteroatoms. The van der Waals surface area contributed by atoms with Crippen molar-refractivity contribution in [3.05, 3.63) is 69.7 Å². The minimum absolute atomic E-state index is 0.112. The molecule has 2 fully saturated rings. The lowest BCUT2D eigenvalue weighted by atomic mass is 9.96. The van der Waals surface area contributed by atoms with Gasteiger partial charge in [0.05, 0.1) is 22.8 Å². The standard InChI is InChI=1S/C27H23F6N5OS/c1-37-18-5-6-19(37)13-38(12-18)25-35-24(39)23(40-25)20(14-3-7-22-16(8-14)11-34-36-22)9-15-2-4-17(26(28,29)30)10-21(15)27(31,32)33/h2-4,7-11,18-19,39H,5-6,12-13H2,1H3,(H,34,36). The normalized spacial score (nSPS) is 20.6. The molecule has 6 nitrogen and oxygen atoms in total. The van der Waals surface area contributed by atoms with E-state index < -0.39 is 29.0 Å². The first-order valence-corrected chi connectivity index (χ1v) is 13.3. The molecule has 2 atom stereocenters. The first-order valence-electron chi connectivity index (χ1n) is 12.5. The van der Waals surface area contributed by atoms with Crippen LogP contribution in [0.4, 0.5) is 31.5 Å². The molecule has 4 aromatic rings. The van der Waals surface area contributed by atoms with Crippen LogP contribution in [-0.2, 0) is 12.4 Å². The van der Waals surface area contributed by atoms with E-state index in [-0.39, 0.29) is 22.4 Å². The molecule has 2 saturated heterocycles. The van der Waals surface area contributed by atoms with Gasteiger partial charge in [-0.25, -0.2) is 0 Å². The SMILES string of the molecule is CN1C2CCC1CN(c1nc(O)c(C(=Cc3ccc(C(F)(F)F)cc3C(F)(F)F)c3ccc4[nH]ncc4c3)s1)C2. The first-order chi connectivity index (χ1) is 18.9. The van der Waals surface area contributed by atoms with Gasteiger partial charge in [0.25, 0.3) is 0 Å². The number of halogens is 6. The number of fused-ring (bicyclic) bond motifs is 3. The summed E-state index contributed by atoms with van der Waals surface area (Å²) in [4.78, 5) is 8.99. The maximum atomic E-state index is 14.0. The van der Waals surface area contributed by atoms with E-state index in [1.807, 2.05) is 0 Å². The van der Waals surface area contributed by atoms with Gasteiger partial charge in [0.2, 0.25) is 5.88 Å². The Labute approximate surface area is 228 Å². The zero-order valence-corrected chi connectivity index (χ0v) is 21.8. The van der Waals surface area contributed by atoms with Crippen LogP contribution in [0.2, 0.25) is 0 Å². The Kier molecular flexibility index (Phi) is 6.33. The van der Waals surface area contributed by atoms with Gasteiger partial charge in [-0.05, 0) is 61.4 Å². The number of aromatic nitrogens is 3. The van der Waals surface area contributed by atoms with Crippen LogP contribution in [0.25, 0.3) is 22.6 Å². The highest BCUT2D eigenvalue weighted by Crippen LogP contribution is 2.44. The lowest BCUT2D eigenvalue weighted by molar-refractivity contribution is -0.143. The van der Waals surface area contributed by atoms with E-state index in [0.717, 1.165) is 36.3 Å². The van der Waals surface area contributed by atoms with Crippen LogP contribution in [0.15, 0.2) is 42.6 Å². The van der Waals surface area contributed by atoms with Crippen molar-refractivity contribution in [2.45, 2.75) is 37.3 Å². The summed E-state index contributed by atoms with van der Waals surface area (Å²) in [6.07, 6.45) is -5.18. The number of rotatable bonds is 4. The van der Waals surface area contributed by atoms with E-state index in [9.17, 15) is 31.4 Å². The topological polar surface area (TPSA) is 68.3 Å². The van der Waals surface area contributed by atoms with Gasteiger partial charge in [-0.2, -0.15) is 36.4 Å². The number of thiazole rings is 1. The van der Waals surface area contributed by atoms with Crippen LogP contribution in [0.1, 0.15) is 40.0 Å². The van der Waals surface area contributed by atoms with Gasteiger partial charge in [0, 0.05) is 36.1 Å². The van der Waals surface area contributed by atoms with Gasteiger partial charge < -0.3 is 10.0 Å². The fourth-order valence-corrected chi connectivity index (χ4v) is 6.55. The number of nitrogens with one attached hydrogen (secondary N) is 1. The molecule has 40 heavy (non-hydrogen) atoms. The summed E-state index contributed by atoms with van der Waals surface area (Å²) in [6, 6.07) is 7.26. The third-order valence-corrected chi connectivity index (χ3v) is 8.84. The first kappa shape index (κ1) is 26.6. The van der Waals surface area contributed by atoms with Gasteiger partial charge in [0.1, 0.15) is 4.88 Å². The van der Waals surface area contributed by atoms with Crippen molar-refractivity contribution >= 4 is 39.0 Å². The molecule has 2 unspecified atom stereocenters. The summed E-state index contributed by atoms with van der Waals surface area (Å²) in [5.74, 6) is -0.356. The number of benzene rings is 2. The van der Waals surface area contributed by atoms with E-state index in [1.54, 1.807) is 24.4 Å². The van der Waals surface area contributed by atoms with Gasteiger partial charge in [0.15, 0.2) is 5.13 Å². The number of hydrogen-bond acceptors (Lipinski definition) is 6. The maximum Gasteiger partial charge on any atom is 0.417 e. The quantitative estimate of drug-likeness (QED) is 0.210. The van der Waals surface area contributed by atoms with E-state index in [2.05, 4.69) is 32.0 Å². The molecular formula is C27H23F6N5OS. The Morgan fingerprint density at radius 2 is 1.75 bits per heavy atom. The van der Waals surface area contributed by atoms with Crippen molar-refractivity contribution in [2.75, 3.05) is 25.0 Å². The number of likely N-dealkylation sites (N-methyl/N-ethyl adjacent to an activating group) is 1. The summed E-state index contributed by atoms with van der Waals surface area (Å²) in [5.41, 5.74) is -1.95. The average molecular weight is 580 g/mol. The number of nitrogens with zero attached hydrogens (tertiary/aromatic N) is 4. The molecule has 0 saturated carbocycles. The Morgan fingerprint density at radius 1 is 1.02 bits per heavy atom. The van der Waals surface area contributed by atoms with Gasteiger partial charge in [-0.1, -0.05) is 23.5 Å². The minimum atomic E-state index is -5.05. The van der Waals surface area contributed by atoms with Crippen LogP contribution in [0, 0.1) is 0 Å². The fourth-order valence-electron chi connectivity index (χ4n) is 5.53. The van der Waals surface area contributed by atoms with Crippen molar-refractivity contribution in [1.82, 2.24) is 20.1 Å². The lowest BCUT2D eigenvalue weighted by Gasteiger charge is -2.38. The maximum absolute atomic E-state index is 14.0. The van der Waals surface area contributed by atoms with E-state index >= 15 is 0 Å². The third kappa shape index (κ3) is 4.81. The second-order valence-electron chi connectivity index (χ2n) is 10.1. The third-order valence-electron chi connectivity index (χ3n) is 7.70. The van der Waals surface area contributed by atoms with Crippen molar-refractivity contribution in [1.29, 1.82) is 0 Å². The molecule has 0 aliphatic carbocycles. The highest BCUT2D eigenvalue weighted by molar-refractivity contribution is 7.17. The number of aromatic hydroxyl groups is 1. The van der Waals surface area contributed by atoms with Crippen LogP contribution in [0.5, 0.6) is 5.88 Å². The summed E-state index contributed by atoms with van der Waals surface area (Å²) >= 11 is 1.14. The summed E-state index contributed by atoms with van der Waals surface area (Å²) < 4.78 is 81.8. The smallest absolute Gasteiger partial charge is 0.417 e. The summed E-state index contributed by atoms with van der Waals surface area (Å²) in [5, 5.41) is 19.0. The molecule has 210 valence electrons. The second-order valence-corrected chi connectivity index (χ2v) is 11.1. The molecule has 2 N–H and O–H groups in total. The number of H-pyrrole nitrogens is 1. The Morgan fingerprint density at radius 3 is 2.42 bits per heavy atom. The molecule has 2 aliphatic heterocycles. The Bertz CT molecular complexity index is 1590. The number of alkyl halides is 6. The highest BCUT2D eigenvalue weighted by atomic mass is 32.1. The van der Waals surface area contributed by atoms with Crippen LogP contribution in [-0.4, -0.2) is 57.4 Å². The number of aromatic amines is 1. The van der Waals surface area contributed by atoms with Gasteiger partial charge >= 0.3 is 12.4 Å². The molecule has 2 aromatic heterocycles. The van der Waals surface area contributed by atoms with Crippen molar-refractivity contribution in [3.8, 4) is 5.88 Å². The van der Waals surface area contributed by atoms with E-state index in [0.29, 0.717) is 52.8 Å². The molecule has 4 heterocycles. The summed E-state index contributed by atoms with van der Waals surface area (Å²) in [7, 11) is 2.08. The molecular weight excluding hydrogens is 556 g/mol. The number of hydrogen-bond donors (Lipinski definition) is 2. The molecule has 6 rings (SSSR count). The van der Waals surface area contributed by atoms with Crippen LogP contribution >= 0.6 is 11.3 Å². The molecule has 2 aromatic carbocycles. The molecule has 0 spiro atoms. The van der Waals surface area contributed by atoms with Crippen molar-refractivity contribution in [3.63, 3.8) is 0 Å². The Balaban J connectivity index is 1.49. The summed E-state index contributed by atoms with van der Waals surface area (Å²) in [6.45, 7) is 1.41. The average Bonchev–Trinajstić information content (AvgIpc) is 3.55. The predicted molar refractivity (Wildman–Crippen MR) is 140 cm³/mol. The fraction of sp³-hybridized carbons (Fsp3) is 0.333. The van der Waals surface area contributed by atoms with Crippen molar-refractivity contribution in [2.24, 2.45) is 0 Å². The van der Waals surface area contributed by atoms with E-state index in [1.165, 1.54) is 0 Å². The van der Waals surface area contributed by atoms with Gasteiger partial charge in [-0.3, -0.25) is 10.00 Å². The minimum Gasteiger partial charge on any atom is -0.492 e. The number of anilines is 1. The lowest BCUT2D eigenvalue weighted by Crippen LogP contribution is -2.51. The molecule has 0 radical (unpaired) electrons. The van der Waals surface area contributed by atoms with Gasteiger partial charge in [-0.15, -0.1) is 0 Å². The highest BCUT2D eigenvalue weighted by Gasteiger charge is 2.40. The monoisotopic (exact) mass is 579 g/mol. The van der Waals surface area contributed by atoms with Crippen LogP contribution < -0.4 is 4.90 Å². The molecule has 2 bridgehead atoms. The van der Waals surface area contributed by atoms with Crippen molar-refractivity contribution < 1.29 is 31.4 Å². The molecule has 2 aliphatic rings. The zero-order chi connectivity index (χ0) is 28.4. The number of piperazine rings is 1. The molecule has 0 amide bonds.